The van der Waals surface area contributed by atoms with Crippen molar-refractivity contribution in [3.8, 4) is 0 Å². The number of halogens is 3. The molecule has 1 aliphatic rings. The molecule has 1 aliphatic carbocycles. The lowest BCUT2D eigenvalue weighted by molar-refractivity contribution is 0.281. The molecule has 0 saturated heterocycles. The second-order valence-electron chi connectivity index (χ2n) is 6.52. The van der Waals surface area contributed by atoms with Crippen LogP contribution in [0.3, 0.4) is 0 Å². The Labute approximate surface area is 173 Å². The zero-order chi connectivity index (χ0) is 16.8. The fraction of sp³-hybridized carbons (Fsp3) is 0.400. The van der Waals surface area contributed by atoms with Crippen molar-refractivity contribution in [1.29, 1.82) is 0 Å². The van der Waals surface area contributed by atoms with Gasteiger partial charge in [0.05, 0.1) is 0 Å². The summed E-state index contributed by atoms with van der Waals surface area (Å²) in [5.74, 6) is 0. The summed E-state index contributed by atoms with van der Waals surface area (Å²) in [5.41, 5.74) is 2.67. The first-order valence-corrected chi connectivity index (χ1v) is 10.2. The molecule has 5 heteroatoms. The maximum Gasteiger partial charge on any atom is 0.0224 e. The first-order valence-electron chi connectivity index (χ1n) is 8.66. The average molecular weight is 489 g/mol. The van der Waals surface area contributed by atoms with Crippen LogP contribution in [-0.2, 0) is 13.1 Å². The Bertz CT molecular complexity index is 608. The van der Waals surface area contributed by atoms with Gasteiger partial charge in [-0.25, -0.2) is 0 Å². The molecule has 0 aromatic heterocycles. The van der Waals surface area contributed by atoms with Crippen LogP contribution in [-0.4, -0.2) is 12.1 Å². The van der Waals surface area contributed by atoms with Gasteiger partial charge in [0.25, 0.3) is 0 Å². The van der Waals surface area contributed by atoms with Gasteiger partial charge in [-0.2, -0.15) is 0 Å². The molecule has 1 saturated carbocycles. The van der Waals surface area contributed by atoms with Gasteiger partial charge in [0, 0.05) is 34.1 Å². The summed E-state index contributed by atoms with van der Waals surface area (Å²) in [5, 5.41) is 7.54. The van der Waals surface area contributed by atoms with E-state index in [2.05, 4.69) is 91.0 Å². The van der Waals surface area contributed by atoms with Crippen LogP contribution < -0.4 is 10.6 Å². The van der Waals surface area contributed by atoms with Crippen LogP contribution in [0.15, 0.2) is 57.5 Å². The van der Waals surface area contributed by atoms with Gasteiger partial charge in [-0.1, -0.05) is 69.0 Å². The van der Waals surface area contributed by atoms with Crippen LogP contribution in [0.5, 0.6) is 0 Å². The van der Waals surface area contributed by atoms with E-state index < -0.39 is 0 Å². The molecule has 2 aromatic carbocycles. The third-order valence-electron chi connectivity index (χ3n) is 4.68. The van der Waals surface area contributed by atoms with Crippen molar-refractivity contribution in [3.05, 3.63) is 68.6 Å². The Hall–Kier alpha value is -0.390. The Morgan fingerprint density at radius 2 is 1.20 bits per heavy atom. The molecule has 1 fully saturated rings. The highest BCUT2D eigenvalue weighted by Crippen LogP contribution is 2.20. The SMILES string of the molecule is Brc1cccc(CNC2CCCCC2NCc2cccc(Br)c2)c1.Cl. The summed E-state index contributed by atoms with van der Waals surface area (Å²) in [7, 11) is 0. The lowest BCUT2D eigenvalue weighted by atomic mass is 9.90. The largest absolute Gasteiger partial charge is 0.308 e. The number of rotatable bonds is 6. The quantitative estimate of drug-likeness (QED) is 0.535. The van der Waals surface area contributed by atoms with Crippen molar-refractivity contribution in [2.45, 2.75) is 50.9 Å². The minimum absolute atomic E-state index is 0. The minimum atomic E-state index is 0. The molecule has 0 amide bonds. The van der Waals surface area contributed by atoms with Crippen LogP contribution in [0.25, 0.3) is 0 Å². The van der Waals surface area contributed by atoms with Gasteiger partial charge in [-0.3, -0.25) is 0 Å². The molecule has 0 radical (unpaired) electrons. The maximum atomic E-state index is 3.77. The summed E-state index contributed by atoms with van der Waals surface area (Å²) in [6, 6.07) is 18.2. The topological polar surface area (TPSA) is 24.1 Å². The van der Waals surface area contributed by atoms with Crippen LogP contribution in [0.1, 0.15) is 36.8 Å². The molecule has 2 N–H and O–H groups in total. The zero-order valence-corrected chi connectivity index (χ0v) is 18.2. The van der Waals surface area contributed by atoms with E-state index in [-0.39, 0.29) is 12.4 Å². The van der Waals surface area contributed by atoms with E-state index in [4.69, 9.17) is 0 Å². The van der Waals surface area contributed by atoms with E-state index in [1.54, 1.807) is 0 Å². The summed E-state index contributed by atoms with van der Waals surface area (Å²) in [6.45, 7) is 1.86. The van der Waals surface area contributed by atoms with E-state index in [0.29, 0.717) is 12.1 Å². The molecule has 2 aromatic rings. The van der Waals surface area contributed by atoms with Gasteiger partial charge < -0.3 is 10.6 Å². The van der Waals surface area contributed by atoms with Gasteiger partial charge in [0.2, 0.25) is 0 Å². The van der Waals surface area contributed by atoms with E-state index >= 15 is 0 Å². The van der Waals surface area contributed by atoms with Crippen molar-refractivity contribution in [1.82, 2.24) is 10.6 Å². The molecule has 2 unspecified atom stereocenters. The number of hydrogen-bond acceptors (Lipinski definition) is 2. The van der Waals surface area contributed by atoms with E-state index in [1.807, 2.05) is 0 Å². The molecule has 136 valence electrons. The highest BCUT2D eigenvalue weighted by atomic mass is 79.9. The Kier molecular flexibility index (Phi) is 8.94. The first kappa shape index (κ1) is 20.9. The van der Waals surface area contributed by atoms with Crippen LogP contribution in [0.2, 0.25) is 0 Å². The van der Waals surface area contributed by atoms with Gasteiger partial charge in [0.15, 0.2) is 0 Å². The predicted molar refractivity (Wildman–Crippen MR) is 115 cm³/mol. The molecule has 0 heterocycles. The van der Waals surface area contributed by atoms with Crippen molar-refractivity contribution in [3.63, 3.8) is 0 Å². The average Bonchev–Trinajstić information content (AvgIpc) is 2.59. The van der Waals surface area contributed by atoms with Crippen molar-refractivity contribution in [2.75, 3.05) is 0 Å². The molecule has 2 atom stereocenters. The lowest BCUT2D eigenvalue weighted by Gasteiger charge is -2.33. The Morgan fingerprint density at radius 1 is 0.760 bits per heavy atom. The second kappa shape index (κ2) is 10.7. The summed E-state index contributed by atoms with van der Waals surface area (Å²) in [4.78, 5) is 0. The van der Waals surface area contributed by atoms with Gasteiger partial charge in [-0.05, 0) is 48.2 Å². The van der Waals surface area contributed by atoms with Gasteiger partial charge in [-0.15, -0.1) is 12.4 Å². The van der Waals surface area contributed by atoms with E-state index in [0.717, 1.165) is 22.0 Å². The normalized spacial score (nSPS) is 20.1. The zero-order valence-electron chi connectivity index (χ0n) is 14.2. The second-order valence-corrected chi connectivity index (χ2v) is 8.35. The lowest BCUT2D eigenvalue weighted by Crippen LogP contribution is -2.49. The molecular formula is C20H25Br2ClN2. The summed E-state index contributed by atoms with van der Waals surface area (Å²) >= 11 is 7.11. The summed E-state index contributed by atoms with van der Waals surface area (Å²) in [6.07, 6.45) is 5.16. The number of hydrogen-bond donors (Lipinski definition) is 2. The minimum Gasteiger partial charge on any atom is -0.308 e. The molecule has 0 spiro atoms. The molecule has 0 aliphatic heterocycles. The molecule has 2 nitrogen and oxygen atoms in total. The first-order chi connectivity index (χ1) is 11.7. The monoisotopic (exact) mass is 486 g/mol. The standard InChI is InChI=1S/C20H24Br2N2.ClH/c21-17-7-3-5-15(11-17)13-23-19-9-1-2-10-20(19)24-14-16-6-4-8-18(22)12-16;/h3-8,11-12,19-20,23-24H,1-2,9-10,13-14H2;1H. The van der Waals surface area contributed by atoms with Crippen LogP contribution >= 0.6 is 44.3 Å². The highest BCUT2D eigenvalue weighted by Gasteiger charge is 2.24. The number of benzene rings is 2. The van der Waals surface area contributed by atoms with Gasteiger partial charge >= 0.3 is 0 Å². The smallest absolute Gasteiger partial charge is 0.0224 e. The Morgan fingerprint density at radius 3 is 1.60 bits per heavy atom. The molecule has 0 bridgehead atoms. The Balaban J connectivity index is 0.00000225. The fourth-order valence-corrected chi connectivity index (χ4v) is 4.30. The predicted octanol–water partition coefficient (Wildman–Crippen LogP) is 5.82. The van der Waals surface area contributed by atoms with E-state index in [1.165, 1.54) is 36.8 Å². The van der Waals surface area contributed by atoms with Crippen LogP contribution in [0, 0.1) is 0 Å². The third-order valence-corrected chi connectivity index (χ3v) is 5.67. The molecule has 25 heavy (non-hydrogen) atoms. The summed E-state index contributed by atoms with van der Waals surface area (Å²) < 4.78 is 2.30. The fourth-order valence-electron chi connectivity index (χ4n) is 3.41. The molecule has 3 rings (SSSR count). The van der Waals surface area contributed by atoms with Gasteiger partial charge in [0.1, 0.15) is 0 Å². The molecular weight excluding hydrogens is 463 g/mol. The van der Waals surface area contributed by atoms with Crippen molar-refractivity contribution in [2.24, 2.45) is 0 Å². The third kappa shape index (κ3) is 6.69. The van der Waals surface area contributed by atoms with E-state index in [9.17, 15) is 0 Å². The van der Waals surface area contributed by atoms with Crippen molar-refractivity contribution >= 4 is 44.3 Å². The van der Waals surface area contributed by atoms with Crippen molar-refractivity contribution < 1.29 is 0 Å². The van der Waals surface area contributed by atoms with Crippen LogP contribution in [0.4, 0.5) is 0 Å². The maximum absolute atomic E-state index is 3.77. The number of nitrogens with one attached hydrogen (secondary N) is 2. The highest BCUT2D eigenvalue weighted by molar-refractivity contribution is 9.10.